The van der Waals surface area contributed by atoms with E-state index < -0.39 is 0 Å². The molecule has 3 heterocycles. The maximum atomic E-state index is 13.2. The number of ether oxygens (including phenoxy) is 2. The van der Waals surface area contributed by atoms with E-state index in [0.29, 0.717) is 13.2 Å². The molecule has 7 nitrogen and oxygen atoms in total. The Bertz CT molecular complexity index is 914. The van der Waals surface area contributed by atoms with Crippen molar-refractivity contribution in [3.63, 3.8) is 0 Å². The van der Waals surface area contributed by atoms with Gasteiger partial charge in [-0.05, 0) is 30.7 Å². The minimum Gasteiger partial charge on any atom is -0.486 e. The van der Waals surface area contributed by atoms with Gasteiger partial charge in [0, 0.05) is 38.4 Å². The molecular formula is C24H30N4O3. The van der Waals surface area contributed by atoms with Crippen LogP contribution in [0.5, 0.6) is 11.5 Å². The molecule has 31 heavy (non-hydrogen) atoms. The van der Waals surface area contributed by atoms with E-state index in [1.807, 2.05) is 52.3 Å². The highest BCUT2D eigenvalue weighted by Gasteiger charge is 2.41. The standard InChI is InChI=1S/C24H30N4O3/c1-2-11-27-18-22(28(24(27)29)19-7-4-3-5-8-19)26-14-12-25(13-15-26)20-9-6-10-21-23(20)31-17-16-30-21/h3-10,22H,2,11-18H2,1H3. The molecule has 0 N–H and O–H groups in total. The zero-order chi connectivity index (χ0) is 21.2. The molecule has 2 fully saturated rings. The van der Waals surface area contributed by atoms with Crippen LogP contribution < -0.4 is 19.3 Å². The topological polar surface area (TPSA) is 48.5 Å². The third-order valence-corrected chi connectivity index (χ3v) is 6.31. The van der Waals surface area contributed by atoms with Gasteiger partial charge in [-0.15, -0.1) is 0 Å². The summed E-state index contributed by atoms with van der Waals surface area (Å²) in [6, 6.07) is 16.3. The molecule has 1 unspecified atom stereocenters. The molecule has 2 aromatic rings. The number of amides is 2. The van der Waals surface area contributed by atoms with E-state index >= 15 is 0 Å². The predicted octanol–water partition coefficient (Wildman–Crippen LogP) is 3.26. The van der Waals surface area contributed by atoms with Gasteiger partial charge in [0.1, 0.15) is 19.4 Å². The Morgan fingerprint density at radius 1 is 0.935 bits per heavy atom. The molecule has 7 heteroatoms. The molecule has 2 amide bonds. The molecule has 5 rings (SSSR count). The van der Waals surface area contributed by atoms with Crippen LogP contribution in [0, 0.1) is 0 Å². The predicted molar refractivity (Wildman–Crippen MR) is 121 cm³/mol. The molecule has 0 bridgehead atoms. The van der Waals surface area contributed by atoms with Gasteiger partial charge in [-0.25, -0.2) is 4.79 Å². The molecule has 0 aliphatic carbocycles. The Kier molecular flexibility index (Phi) is 5.59. The fourth-order valence-electron chi connectivity index (χ4n) is 4.81. The third kappa shape index (κ3) is 3.78. The molecule has 0 saturated carbocycles. The van der Waals surface area contributed by atoms with Crippen LogP contribution in [0.4, 0.5) is 16.2 Å². The van der Waals surface area contributed by atoms with Crippen molar-refractivity contribution >= 4 is 17.4 Å². The summed E-state index contributed by atoms with van der Waals surface area (Å²) in [6.45, 7) is 8.43. The van der Waals surface area contributed by atoms with Crippen molar-refractivity contribution in [1.82, 2.24) is 9.80 Å². The number of fused-ring (bicyclic) bond motifs is 1. The summed E-state index contributed by atoms with van der Waals surface area (Å²) in [6.07, 6.45) is 1.03. The molecular weight excluding hydrogens is 392 g/mol. The fourth-order valence-corrected chi connectivity index (χ4v) is 4.81. The van der Waals surface area contributed by atoms with Crippen LogP contribution in [-0.4, -0.2) is 74.5 Å². The van der Waals surface area contributed by atoms with E-state index in [2.05, 4.69) is 22.8 Å². The zero-order valence-electron chi connectivity index (χ0n) is 18.1. The van der Waals surface area contributed by atoms with Gasteiger partial charge in [0.25, 0.3) is 0 Å². The number of carbonyl (C=O) groups is 1. The molecule has 0 spiro atoms. The summed E-state index contributed by atoms with van der Waals surface area (Å²) in [4.78, 5) is 22.0. The number of hydrogen-bond donors (Lipinski definition) is 0. The molecule has 3 aliphatic rings. The summed E-state index contributed by atoms with van der Waals surface area (Å²) in [5, 5.41) is 0. The van der Waals surface area contributed by atoms with Gasteiger partial charge in [0.15, 0.2) is 11.5 Å². The van der Waals surface area contributed by atoms with Gasteiger partial charge in [0.05, 0.1) is 12.2 Å². The van der Waals surface area contributed by atoms with Crippen molar-refractivity contribution < 1.29 is 14.3 Å². The lowest BCUT2D eigenvalue weighted by molar-refractivity contribution is 0.168. The van der Waals surface area contributed by atoms with Gasteiger partial charge in [-0.3, -0.25) is 9.80 Å². The lowest BCUT2D eigenvalue weighted by atomic mass is 10.2. The smallest absolute Gasteiger partial charge is 0.325 e. The number of benzene rings is 2. The number of anilines is 2. The number of para-hydroxylation sites is 2. The van der Waals surface area contributed by atoms with E-state index in [4.69, 9.17) is 9.47 Å². The average Bonchev–Trinajstić information content (AvgIpc) is 3.15. The summed E-state index contributed by atoms with van der Waals surface area (Å²) in [5.41, 5.74) is 2.08. The first-order chi connectivity index (χ1) is 15.3. The van der Waals surface area contributed by atoms with Crippen LogP contribution in [0.3, 0.4) is 0 Å². The Morgan fingerprint density at radius 3 is 2.48 bits per heavy atom. The molecule has 164 valence electrons. The highest BCUT2D eigenvalue weighted by Crippen LogP contribution is 2.40. The summed E-state index contributed by atoms with van der Waals surface area (Å²) in [5.74, 6) is 1.69. The van der Waals surface area contributed by atoms with Crippen LogP contribution in [0.15, 0.2) is 48.5 Å². The first kappa shape index (κ1) is 20.0. The number of rotatable bonds is 5. The lowest BCUT2D eigenvalue weighted by Crippen LogP contribution is -2.55. The van der Waals surface area contributed by atoms with Crippen LogP contribution in [-0.2, 0) is 0 Å². The monoisotopic (exact) mass is 422 g/mol. The SMILES string of the molecule is CCCN1CC(N2CCN(c3cccc4c3OCCO4)CC2)N(c2ccccc2)C1=O. The Morgan fingerprint density at radius 2 is 1.71 bits per heavy atom. The lowest BCUT2D eigenvalue weighted by Gasteiger charge is -2.41. The van der Waals surface area contributed by atoms with Crippen LogP contribution >= 0.6 is 0 Å². The molecule has 1 atom stereocenters. The quantitative estimate of drug-likeness (QED) is 0.740. The van der Waals surface area contributed by atoms with Gasteiger partial charge in [0.2, 0.25) is 0 Å². The Labute approximate surface area is 183 Å². The van der Waals surface area contributed by atoms with E-state index in [-0.39, 0.29) is 12.2 Å². The Balaban J connectivity index is 1.33. The third-order valence-electron chi connectivity index (χ3n) is 6.31. The highest BCUT2D eigenvalue weighted by molar-refractivity contribution is 5.94. The minimum atomic E-state index is 0.0628. The number of urea groups is 1. The van der Waals surface area contributed by atoms with Gasteiger partial charge in [-0.1, -0.05) is 31.2 Å². The van der Waals surface area contributed by atoms with E-state index in [0.717, 1.165) is 68.6 Å². The fraction of sp³-hybridized carbons (Fsp3) is 0.458. The first-order valence-corrected chi connectivity index (χ1v) is 11.3. The van der Waals surface area contributed by atoms with Gasteiger partial charge < -0.3 is 19.3 Å². The number of nitrogens with zero attached hydrogens (tertiary/aromatic N) is 4. The van der Waals surface area contributed by atoms with E-state index in [1.54, 1.807) is 0 Å². The average molecular weight is 423 g/mol. The van der Waals surface area contributed by atoms with Crippen molar-refractivity contribution in [1.29, 1.82) is 0 Å². The van der Waals surface area contributed by atoms with Crippen molar-refractivity contribution in [3.05, 3.63) is 48.5 Å². The summed E-state index contributed by atoms with van der Waals surface area (Å²) >= 11 is 0. The first-order valence-electron chi connectivity index (χ1n) is 11.3. The summed E-state index contributed by atoms with van der Waals surface area (Å²) in [7, 11) is 0. The second-order valence-corrected chi connectivity index (χ2v) is 8.24. The second-order valence-electron chi connectivity index (χ2n) is 8.24. The molecule has 2 saturated heterocycles. The van der Waals surface area contributed by atoms with Crippen molar-refractivity contribution in [2.75, 3.05) is 62.3 Å². The molecule has 2 aromatic carbocycles. The molecule has 3 aliphatic heterocycles. The zero-order valence-corrected chi connectivity index (χ0v) is 18.1. The van der Waals surface area contributed by atoms with Crippen molar-refractivity contribution in [2.24, 2.45) is 0 Å². The van der Waals surface area contributed by atoms with Gasteiger partial charge >= 0.3 is 6.03 Å². The van der Waals surface area contributed by atoms with Crippen LogP contribution in [0.25, 0.3) is 0 Å². The summed E-state index contributed by atoms with van der Waals surface area (Å²) < 4.78 is 11.7. The number of carbonyl (C=O) groups excluding carboxylic acids is 1. The maximum Gasteiger partial charge on any atom is 0.325 e. The molecule has 0 aromatic heterocycles. The Hall–Kier alpha value is -2.93. The van der Waals surface area contributed by atoms with E-state index in [1.165, 1.54) is 0 Å². The van der Waals surface area contributed by atoms with Crippen LogP contribution in [0.1, 0.15) is 13.3 Å². The number of piperazine rings is 1. The maximum absolute atomic E-state index is 13.2. The second kappa shape index (κ2) is 8.67. The minimum absolute atomic E-state index is 0.0628. The molecule has 0 radical (unpaired) electrons. The van der Waals surface area contributed by atoms with Crippen LogP contribution in [0.2, 0.25) is 0 Å². The number of hydrogen-bond acceptors (Lipinski definition) is 5. The van der Waals surface area contributed by atoms with Crippen molar-refractivity contribution in [3.8, 4) is 11.5 Å². The van der Waals surface area contributed by atoms with Gasteiger partial charge in [-0.2, -0.15) is 0 Å². The normalized spacial score (nSPS) is 21.6. The largest absolute Gasteiger partial charge is 0.486 e. The van der Waals surface area contributed by atoms with Crippen molar-refractivity contribution in [2.45, 2.75) is 19.5 Å². The van der Waals surface area contributed by atoms with E-state index in [9.17, 15) is 4.79 Å². The highest BCUT2D eigenvalue weighted by atomic mass is 16.6.